The molecule has 3 nitrogen and oxygen atoms in total. The fraction of sp³-hybridized carbons (Fsp3) is 0.800. The Bertz CT molecular complexity index is 416. The van der Waals surface area contributed by atoms with Crippen molar-refractivity contribution < 1.29 is 4.74 Å². The Labute approximate surface area is 120 Å². The third-order valence-corrected chi connectivity index (χ3v) is 5.60. The van der Waals surface area contributed by atoms with E-state index in [-0.39, 0.29) is 11.0 Å². The van der Waals surface area contributed by atoms with Gasteiger partial charge in [0, 0.05) is 24.7 Å². The minimum absolute atomic E-state index is 0.0166. The molecule has 4 heteroatoms. The number of aryl methyl sites for hydroxylation is 1. The summed E-state index contributed by atoms with van der Waals surface area (Å²) in [6, 6.07) is 0. The number of aromatic nitrogens is 1. The number of hydrogen-bond donors (Lipinski definition) is 1. The Kier molecular flexibility index (Phi) is 4.64. The molecule has 2 rings (SSSR count). The Morgan fingerprint density at radius 2 is 2.11 bits per heavy atom. The lowest BCUT2D eigenvalue weighted by Crippen LogP contribution is -2.55. The summed E-state index contributed by atoms with van der Waals surface area (Å²) in [6.45, 7) is 8.48. The second-order valence-electron chi connectivity index (χ2n) is 6.21. The molecule has 1 atom stereocenters. The fourth-order valence-electron chi connectivity index (χ4n) is 3.23. The van der Waals surface area contributed by atoms with Crippen LogP contribution in [0.25, 0.3) is 0 Å². The predicted molar refractivity (Wildman–Crippen MR) is 80.7 cm³/mol. The van der Waals surface area contributed by atoms with Crippen molar-refractivity contribution in [1.82, 2.24) is 10.3 Å². The average Bonchev–Trinajstić information content (AvgIpc) is 2.78. The van der Waals surface area contributed by atoms with Crippen molar-refractivity contribution in [2.24, 2.45) is 5.41 Å². The summed E-state index contributed by atoms with van der Waals surface area (Å²) >= 11 is 1.80. The molecule has 0 radical (unpaired) electrons. The van der Waals surface area contributed by atoms with Gasteiger partial charge in [-0.1, -0.05) is 26.7 Å². The second kappa shape index (κ2) is 5.90. The summed E-state index contributed by atoms with van der Waals surface area (Å²) in [5, 5.41) is 7.20. The van der Waals surface area contributed by atoms with Crippen LogP contribution in [0.15, 0.2) is 5.38 Å². The molecule has 0 spiro atoms. The van der Waals surface area contributed by atoms with E-state index < -0.39 is 0 Å². The molecule has 1 heterocycles. The maximum Gasteiger partial charge on any atom is 0.114 e. The minimum atomic E-state index is 0.0166. The highest BCUT2D eigenvalue weighted by molar-refractivity contribution is 7.09. The first-order valence-electron chi connectivity index (χ1n) is 7.18. The van der Waals surface area contributed by atoms with E-state index in [0.717, 1.165) is 18.8 Å². The minimum Gasteiger partial charge on any atom is -0.383 e. The molecule has 1 saturated carbocycles. The van der Waals surface area contributed by atoms with Crippen LogP contribution >= 0.6 is 11.3 Å². The third kappa shape index (κ3) is 2.86. The van der Waals surface area contributed by atoms with Crippen molar-refractivity contribution in [1.29, 1.82) is 0 Å². The Hall–Kier alpha value is -0.450. The first-order valence-corrected chi connectivity index (χ1v) is 8.06. The summed E-state index contributed by atoms with van der Waals surface area (Å²) in [4.78, 5) is 4.80. The number of nitrogens with zero attached hydrogens (tertiary/aromatic N) is 1. The summed E-state index contributed by atoms with van der Waals surface area (Å²) in [5.41, 5.74) is 1.39. The summed E-state index contributed by atoms with van der Waals surface area (Å²) < 4.78 is 5.21. The quantitative estimate of drug-likeness (QED) is 0.840. The van der Waals surface area contributed by atoms with Gasteiger partial charge in [-0.05, 0) is 25.2 Å². The maximum absolute atomic E-state index is 5.21. The average molecular weight is 282 g/mol. The molecule has 1 fully saturated rings. The van der Waals surface area contributed by atoms with Crippen LogP contribution in [-0.2, 0) is 10.3 Å². The van der Waals surface area contributed by atoms with E-state index in [0.29, 0.717) is 0 Å². The molecule has 108 valence electrons. The second-order valence-corrected chi connectivity index (χ2v) is 7.07. The normalized spacial score (nSPS) is 26.5. The van der Waals surface area contributed by atoms with Crippen LogP contribution < -0.4 is 5.32 Å². The maximum atomic E-state index is 5.21. The molecular weight excluding hydrogens is 256 g/mol. The van der Waals surface area contributed by atoms with Crippen LogP contribution in [-0.4, -0.2) is 25.2 Å². The highest BCUT2D eigenvalue weighted by atomic mass is 32.1. The highest BCUT2D eigenvalue weighted by Crippen LogP contribution is 2.50. The number of hydrogen-bond acceptors (Lipinski definition) is 4. The number of rotatable bonds is 5. The molecule has 19 heavy (non-hydrogen) atoms. The van der Waals surface area contributed by atoms with Gasteiger partial charge in [-0.15, -0.1) is 11.3 Å². The van der Waals surface area contributed by atoms with E-state index in [1.807, 2.05) is 0 Å². The molecule has 1 aromatic rings. The molecule has 0 amide bonds. The summed E-state index contributed by atoms with van der Waals surface area (Å²) in [5.74, 6) is 0. The van der Waals surface area contributed by atoms with E-state index in [2.05, 4.69) is 31.5 Å². The molecule has 0 aromatic carbocycles. The van der Waals surface area contributed by atoms with Crippen molar-refractivity contribution in [2.75, 3.05) is 20.3 Å². The molecule has 1 aliphatic rings. The zero-order chi connectivity index (χ0) is 13.9. The molecule has 1 aromatic heterocycles. The van der Waals surface area contributed by atoms with Crippen LogP contribution in [0.4, 0.5) is 0 Å². The van der Waals surface area contributed by atoms with Gasteiger partial charge in [-0.2, -0.15) is 0 Å². The third-order valence-electron chi connectivity index (χ3n) is 4.48. The van der Waals surface area contributed by atoms with Gasteiger partial charge in [0.05, 0.1) is 12.1 Å². The van der Waals surface area contributed by atoms with E-state index >= 15 is 0 Å². The van der Waals surface area contributed by atoms with Crippen molar-refractivity contribution >= 4 is 11.3 Å². The lowest BCUT2D eigenvalue weighted by Gasteiger charge is -2.49. The largest absolute Gasteiger partial charge is 0.383 e. The van der Waals surface area contributed by atoms with Crippen LogP contribution in [0.1, 0.15) is 50.2 Å². The monoisotopic (exact) mass is 282 g/mol. The molecule has 1 aliphatic carbocycles. The first-order chi connectivity index (χ1) is 9.02. The first kappa shape index (κ1) is 14.9. The van der Waals surface area contributed by atoms with E-state index in [9.17, 15) is 0 Å². The van der Waals surface area contributed by atoms with Gasteiger partial charge in [0.1, 0.15) is 5.01 Å². The Balaban J connectivity index is 2.31. The van der Waals surface area contributed by atoms with E-state index in [1.165, 1.54) is 30.7 Å². The number of ether oxygens (including phenoxy) is 1. The molecule has 0 bridgehead atoms. The Morgan fingerprint density at radius 3 is 2.68 bits per heavy atom. The summed E-state index contributed by atoms with van der Waals surface area (Å²) in [7, 11) is 1.76. The highest BCUT2D eigenvalue weighted by Gasteiger charge is 2.49. The topological polar surface area (TPSA) is 34.1 Å². The van der Waals surface area contributed by atoms with Crippen molar-refractivity contribution in [3.63, 3.8) is 0 Å². The number of nitrogens with one attached hydrogen (secondary N) is 1. The molecule has 1 unspecified atom stereocenters. The van der Waals surface area contributed by atoms with Crippen LogP contribution in [0.3, 0.4) is 0 Å². The van der Waals surface area contributed by atoms with Crippen molar-refractivity contribution in [3.8, 4) is 0 Å². The zero-order valence-electron chi connectivity index (χ0n) is 12.6. The molecule has 0 saturated heterocycles. The molecular formula is C15H26N2OS. The van der Waals surface area contributed by atoms with Gasteiger partial charge >= 0.3 is 0 Å². The van der Waals surface area contributed by atoms with Crippen LogP contribution in [0.2, 0.25) is 0 Å². The fourth-order valence-corrected chi connectivity index (χ4v) is 4.41. The number of methoxy groups -OCH3 is 1. The lowest BCUT2D eigenvalue weighted by molar-refractivity contribution is 0.0512. The lowest BCUT2D eigenvalue weighted by atomic mass is 9.63. The predicted octanol–water partition coefficient (Wildman–Crippen LogP) is 3.48. The van der Waals surface area contributed by atoms with Crippen LogP contribution in [0.5, 0.6) is 0 Å². The van der Waals surface area contributed by atoms with Crippen molar-refractivity contribution in [3.05, 3.63) is 16.1 Å². The van der Waals surface area contributed by atoms with Gasteiger partial charge in [-0.3, -0.25) is 0 Å². The van der Waals surface area contributed by atoms with E-state index in [1.54, 1.807) is 18.4 Å². The van der Waals surface area contributed by atoms with Gasteiger partial charge in [0.25, 0.3) is 0 Å². The zero-order valence-corrected chi connectivity index (χ0v) is 13.4. The van der Waals surface area contributed by atoms with E-state index in [4.69, 9.17) is 9.72 Å². The molecule has 0 aliphatic heterocycles. The standard InChI is InChI=1S/C15H26N2OS/c1-12-11-19-13(17-12)15(16-9-10-18-4)8-6-5-7-14(15,2)3/h11,16H,5-10H2,1-4H3. The van der Waals surface area contributed by atoms with Crippen LogP contribution in [0, 0.1) is 12.3 Å². The van der Waals surface area contributed by atoms with Gasteiger partial charge < -0.3 is 10.1 Å². The van der Waals surface area contributed by atoms with Gasteiger partial charge in [0.15, 0.2) is 0 Å². The number of thiazole rings is 1. The SMILES string of the molecule is COCCNC1(c2nc(C)cs2)CCCCC1(C)C. The van der Waals surface area contributed by atoms with Gasteiger partial charge in [0.2, 0.25) is 0 Å². The summed E-state index contributed by atoms with van der Waals surface area (Å²) in [6.07, 6.45) is 5.04. The van der Waals surface area contributed by atoms with Gasteiger partial charge in [-0.25, -0.2) is 4.98 Å². The smallest absolute Gasteiger partial charge is 0.114 e. The molecule has 1 N–H and O–H groups in total. The Morgan fingerprint density at radius 1 is 1.37 bits per heavy atom. The van der Waals surface area contributed by atoms with Crippen molar-refractivity contribution in [2.45, 2.75) is 52.0 Å².